The first kappa shape index (κ1) is 7.66. The number of carbonyl (C=O) groups excluding carboxylic acids is 1. The smallest absolute Gasteiger partial charge is 0.163 e. The minimum atomic E-state index is 0.0208. The van der Waals surface area contributed by atoms with Crippen LogP contribution < -0.4 is 0 Å². The van der Waals surface area contributed by atoms with E-state index in [9.17, 15) is 9.90 Å². The van der Waals surface area contributed by atoms with E-state index in [0.717, 1.165) is 0 Å². The molecule has 1 aliphatic carbocycles. The fraction of sp³-hybridized carbons (Fsp3) is 0.571. The molecular weight excluding hydrogens is 148 g/mol. The Hall–Kier alpha value is -0.440. The maximum absolute atomic E-state index is 10.9. The molecule has 0 aromatic carbocycles. The van der Waals surface area contributed by atoms with Gasteiger partial charge in [0.15, 0.2) is 5.78 Å². The highest BCUT2D eigenvalue weighted by Crippen LogP contribution is 2.29. The van der Waals surface area contributed by atoms with Crippen molar-refractivity contribution < 1.29 is 9.90 Å². The van der Waals surface area contributed by atoms with Crippen molar-refractivity contribution in [2.45, 2.75) is 18.6 Å². The molecule has 1 rings (SSSR count). The average molecular weight is 158 g/mol. The number of aliphatic hydroxyl groups is 1. The number of rotatable bonds is 1. The molecule has 0 bridgehead atoms. The standard InChI is InChI=1S/C7H10O2S/c1-4-5(8)3-6(10-2)7(4)9/h6,9H,3H2,1-2H3. The van der Waals surface area contributed by atoms with E-state index in [1.165, 1.54) is 11.8 Å². The summed E-state index contributed by atoms with van der Waals surface area (Å²) in [6.07, 6.45) is 2.37. The molecule has 56 valence electrons. The third-order valence-corrected chi connectivity index (χ3v) is 2.72. The number of aliphatic hydroxyl groups excluding tert-OH is 1. The van der Waals surface area contributed by atoms with E-state index in [4.69, 9.17) is 0 Å². The van der Waals surface area contributed by atoms with Crippen LogP contribution in [0.4, 0.5) is 0 Å². The third-order valence-electron chi connectivity index (χ3n) is 1.76. The Labute approximate surface area is 64.3 Å². The molecule has 1 unspecified atom stereocenters. The maximum atomic E-state index is 10.9. The zero-order valence-corrected chi connectivity index (χ0v) is 6.86. The Morgan fingerprint density at radius 2 is 2.30 bits per heavy atom. The van der Waals surface area contributed by atoms with Crippen molar-refractivity contribution in [3.05, 3.63) is 11.3 Å². The van der Waals surface area contributed by atoms with Gasteiger partial charge in [0.05, 0.1) is 5.25 Å². The molecule has 10 heavy (non-hydrogen) atoms. The van der Waals surface area contributed by atoms with Gasteiger partial charge < -0.3 is 5.11 Å². The van der Waals surface area contributed by atoms with Gasteiger partial charge in [0, 0.05) is 12.0 Å². The number of thioether (sulfide) groups is 1. The minimum absolute atomic E-state index is 0.0208. The summed E-state index contributed by atoms with van der Waals surface area (Å²) in [6, 6.07) is 0. The predicted molar refractivity (Wildman–Crippen MR) is 42.3 cm³/mol. The van der Waals surface area contributed by atoms with Gasteiger partial charge >= 0.3 is 0 Å². The maximum Gasteiger partial charge on any atom is 0.163 e. The van der Waals surface area contributed by atoms with Crippen LogP contribution in [-0.4, -0.2) is 22.4 Å². The fourth-order valence-corrected chi connectivity index (χ4v) is 1.72. The highest BCUT2D eigenvalue weighted by atomic mass is 32.2. The summed E-state index contributed by atoms with van der Waals surface area (Å²) in [7, 11) is 0. The molecule has 1 N–H and O–H groups in total. The molecule has 1 atom stereocenters. The van der Waals surface area contributed by atoms with Crippen molar-refractivity contribution in [2.75, 3.05) is 6.26 Å². The number of Topliss-reactive ketones (excluding diaryl/α,β-unsaturated/α-hetero) is 1. The summed E-state index contributed by atoms with van der Waals surface area (Å²) >= 11 is 1.52. The number of carbonyl (C=O) groups is 1. The van der Waals surface area contributed by atoms with Crippen molar-refractivity contribution in [3.8, 4) is 0 Å². The molecule has 0 saturated carbocycles. The first-order valence-corrected chi connectivity index (χ1v) is 4.41. The topological polar surface area (TPSA) is 37.3 Å². The van der Waals surface area contributed by atoms with Crippen LogP contribution in [0, 0.1) is 0 Å². The molecule has 0 saturated heterocycles. The van der Waals surface area contributed by atoms with Crippen molar-refractivity contribution in [2.24, 2.45) is 0 Å². The van der Waals surface area contributed by atoms with Gasteiger partial charge in [-0.05, 0) is 13.2 Å². The summed E-state index contributed by atoms with van der Waals surface area (Å²) in [4.78, 5) is 10.9. The lowest BCUT2D eigenvalue weighted by Crippen LogP contribution is -2.00. The molecule has 0 radical (unpaired) electrons. The van der Waals surface area contributed by atoms with E-state index >= 15 is 0 Å². The van der Waals surface area contributed by atoms with Crippen LogP contribution >= 0.6 is 11.8 Å². The van der Waals surface area contributed by atoms with Crippen molar-refractivity contribution >= 4 is 17.5 Å². The molecule has 0 amide bonds. The van der Waals surface area contributed by atoms with Gasteiger partial charge in [-0.25, -0.2) is 0 Å². The largest absolute Gasteiger partial charge is 0.511 e. The van der Waals surface area contributed by atoms with E-state index < -0.39 is 0 Å². The monoisotopic (exact) mass is 158 g/mol. The van der Waals surface area contributed by atoms with Crippen molar-refractivity contribution in [1.29, 1.82) is 0 Å². The Bertz CT molecular complexity index is 196. The molecule has 2 nitrogen and oxygen atoms in total. The Morgan fingerprint density at radius 3 is 2.50 bits per heavy atom. The number of ketones is 1. The summed E-state index contributed by atoms with van der Waals surface area (Å²) in [5, 5.41) is 9.29. The SMILES string of the molecule is CSC1CC(=O)C(C)=C1O. The first-order valence-electron chi connectivity index (χ1n) is 3.12. The van der Waals surface area contributed by atoms with E-state index in [1.807, 2.05) is 6.26 Å². The van der Waals surface area contributed by atoms with Gasteiger partial charge in [-0.3, -0.25) is 4.79 Å². The van der Waals surface area contributed by atoms with Crippen LogP contribution in [0.25, 0.3) is 0 Å². The van der Waals surface area contributed by atoms with E-state index in [1.54, 1.807) is 6.92 Å². The fourth-order valence-electron chi connectivity index (χ4n) is 0.997. The molecule has 3 heteroatoms. The molecule has 0 fully saturated rings. The van der Waals surface area contributed by atoms with Crippen LogP contribution in [0.3, 0.4) is 0 Å². The van der Waals surface area contributed by atoms with Gasteiger partial charge in [0.1, 0.15) is 5.76 Å². The Morgan fingerprint density at radius 1 is 1.70 bits per heavy atom. The second-order valence-corrected chi connectivity index (χ2v) is 3.40. The Kier molecular flexibility index (Phi) is 2.04. The van der Waals surface area contributed by atoms with Crippen LogP contribution in [0.2, 0.25) is 0 Å². The number of hydrogen-bond acceptors (Lipinski definition) is 3. The zero-order chi connectivity index (χ0) is 7.72. The second kappa shape index (κ2) is 2.66. The highest BCUT2D eigenvalue weighted by Gasteiger charge is 2.28. The molecule has 0 heterocycles. The summed E-state index contributed by atoms with van der Waals surface area (Å²) in [5.41, 5.74) is 0.541. The number of hydrogen-bond donors (Lipinski definition) is 1. The summed E-state index contributed by atoms with van der Waals surface area (Å²) in [6.45, 7) is 1.67. The predicted octanol–water partition coefficient (Wildman–Crippen LogP) is 1.52. The second-order valence-electron chi connectivity index (χ2n) is 2.36. The van der Waals surface area contributed by atoms with Gasteiger partial charge in [-0.2, -0.15) is 11.8 Å². The summed E-state index contributed by atoms with van der Waals surface area (Å²) in [5.74, 6) is 0.356. The molecule has 1 aliphatic rings. The van der Waals surface area contributed by atoms with Gasteiger partial charge in [0.2, 0.25) is 0 Å². The van der Waals surface area contributed by atoms with Crippen LogP contribution in [0.15, 0.2) is 11.3 Å². The molecule has 0 aromatic heterocycles. The van der Waals surface area contributed by atoms with Gasteiger partial charge in [-0.15, -0.1) is 0 Å². The van der Waals surface area contributed by atoms with Gasteiger partial charge in [0.25, 0.3) is 0 Å². The van der Waals surface area contributed by atoms with Crippen molar-refractivity contribution in [3.63, 3.8) is 0 Å². The summed E-state index contributed by atoms with van der Waals surface area (Å²) < 4.78 is 0. The normalized spacial score (nSPS) is 26.2. The lowest BCUT2D eigenvalue weighted by Gasteiger charge is -2.02. The lowest BCUT2D eigenvalue weighted by molar-refractivity contribution is -0.114. The molecular formula is C7H10O2S. The van der Waals surface area contributed by atoms with E-state index in [0.29, 0.717) is 12.0 Å². The van der Waals surface area contributed by atoms with Crippen molar-refractivity contribution in [1.82, 2.24) is 0 Å². The molecule has 0 spiro atoms. The van der Waals surface area contributed by atoms with Gasteiger partial charge in [-0.1, -0.05) is 0 Å². The third kappa shape index (κ3) is 1.06. The zero-order valence-electron chi connectivity index (χ0n) is 6.05. The molecule has 0 aromatic rings. The number of allylic oxidation sites excluding steroid dienone is 1. The van der Waals surface area contributed by atoms with Crippen LogP contribution in [-0.2, 0) is 4.79 Å². The average Bonchev–Trinajstić information content (AvgIpc) is 2.17. The Balaban J connectivity index is 2.83. The van der Waals surface area contributed by atoms with Crippen LogP contribution in [0.5, 0.6) is 0 Å². The lowest BCUT2D eigenvalue weighted by atomic mass is 10.2. The minimum Gasteiger partial charge on any atom is -0.511 e. The van der Waals surface area contributed by atoms with Crippen LogP contribution in [0.1, 0.15) is 13.3 Å². The highest BCUT2D eigenvalue weighted by molar-refractivity contribution is 7.99. The van der Waals surface area contributed by atoms with E-state index in [2.05, 4.69) is 0 Å². The quantitative estimate of drug-likeness (QED) is 0.628. The van der Waals surface area contributed by atoms with E-state index in [-0.39, 0.29) is 16.8 Å². The first-order chi connectivity index (χ1) is 4.66. The molecule has 0 aliphatic heterocycles.